The van der Waals surface area contributed by atoms with Gasteiger partial charge in [-0.15, -0.1) is 0 Å². The smallest absolute Gasteiger partial charge is 0.415 e. The van der Waals surface area contributed by atoms with E-state index in [0.29, 0.717) is 43.4 Å². The molecule has 3 aliphatic rings. The predicted molar refractivity (Wildman–Crippen MR) is 142 cm³/mol. The lowest BCUT2D eigenvalue weighted by Gasteiger charge is -2.35. The molecular formula is C27H29N7O5. The molecule has 3 aromatic rings. The minimum absolute atomic E-state index is 0.0477. The van der Waals surface area contributed by atoms with Crippen LogP contribution >= 0.6 is 0 Å². The summed E-state index contributed by atoms with van der Waals surface area (Å²) in [7, 11) is 2.07. The summed E-state index contributed by atoms with van der Waals surface area (Å²) in [6.07, 6.45) is 1.76. The summed E-state index contributed by atoms with van der Waals surface area (Å²) in [6.45, 7) is 3.48. The molecule has 0 aliphatic carbocycles. The fourth-order valence-electron chi connectivity index (χ4n) is 4.76. The van der Waals surface area contributed by atoms with Crippen molar-refractivity contribution >= 4 is 23.6 Å². The normalized spacial score (nSPS) is 19.1. The second kappa shape index (κ2) is 10.8. The summed E-state index contributed by atoms with van der Waals surface area (Å²) in [5.74, 6) is 1.64. The minimum atomic E-state index is -0.458. The second-order valence-electron chi connectivity index (χ2n) is 9.87. The van der Waals surface area contributed by atoms with Crippen molar-refractivity contribution in [3.05, 3.63) is 54.2 Å². The van der Waals surface area contributed by atoms with Crippen LogP contribution in [0.25, 0.3) is 11.3 Å². The molecule has 2 saturated heterocycles. The molecule has 2 aromatic heterocycles. The van der Waals surface area contributed by atoms with Crippen molar-refractivity contribution in [1.82, 2.24) is 25.4 Å². The van der Waals surface area contributed by atoms with Crippen LogP contribution in [0.5, 0.6) is 11.5 Å². The molecule has 0 radical (unpaired) electrons. The summed E-state index contributed by atoms with van der Waals surface area (Å²) in [5.41, 5.74) is 2.84. The van der Waals surface area contributed by atoms with Gasteiger partial charge in [0.1, 0.15) is 23.8 Å². The molecule has 2 fully saturated rings. The number of hydrogen-bond donors (Lipinski definition) is 2. The van der Waals surface area contributed by atoms with E-state index in [0.717, 1.165) is 35.7 Å². The van der Waals surface area contributed by atoms with E-state index in [1.165, 1.54) is 4.90 Å². The number of ether oxygens (including phenoxy) is 3. The van der Waals surface area contributed by atoms with Gasteiger partial charge in [0, 0.05) is 31.3 Å². The summed E-state index contributed by atoms with van der Waals surface area (Å²) in [4.78, 5) is 32.1. The van der Waals surface area contributed by atoms with Crippen molar-refractivity contribution in [2.24, 2.45) is 0 Å². The number of aromatic nitrogens is 3. The maximum Gasteiger partial charge on any atom is 0.415 e. The Morgan fingerprint density at radius 3 is 2.92 bits per heavy atom. The molecule has 5 heterocycles. The molecule has 0 bridgehead atoms. The number of likely N-dealkylation sites (tertiary alicyclic amines) is 1. The number of pyridine rings is 1. The predicted octanol–water partition coefficient (Wildman–Crippen LogP) is 2.07. The highest BCUT2D eigenvalue weighted by atomic mass is 16.6. The lowest BCUT2D eigenvalue weighted by molar-refractivity contribution is -0.118. The Morgan fingerprint density at radius 2 is 2.05 bits per heavy atom. The highest BCUT2D eigenvalue weighted by molar-refractivity contribution is 5.95. The highest BCUT2D eigenvalue weighted by Gasteiger charge is 2.33. The number of anilines is 2. The van der Waals surface area contributed by atoms with Crippen molar-refractivity contribution in [3.63, 3.8) is 0 Å². The number of carbonyl (C=O) groups is 2. The molecule has 0 spiro atoms. The van der Waals surface area contributed by atoms with Crippen LogP contribution in [0, 0.1) is 0 Å². The van der Waals surface area contributed by atoms with Crippen LogP contribution in [0.3, 0.4) is 0 Å². The number of likely N-dealkylation sites (N-methyl/N-ethyl adjacent to an activating group) is 1. The van der Waals surface area contributed by atoms with Crippen LogP contribution < -0.4 is 25.0 Å². The SMILES string of the molecule is CN1CC(Oc2cnnc(-c3cccc(CNCC[C@H]4CN(c5ccc6c(n5)NC(=O)CO6)C(=O)O4)c3)c2)C1. The van der Waals surface area contributed by atoms with E-state index in [1.54, 1.807) is 18.3 Å². The van der Waals surface area contributed by atoms with Gasteiger partial charge in [-0.1, -0.05) is 18.2 Å². The summed E-state index contributed by atoms with van der Waals surface area (Å²) in [5, 5.41) is 14.5. The number of rotatable bonds is 9. The van der Waals surface area contributed by atoms with E-state index in [2.05, 4.69) is 49.9 Å². The molecule has 12 nitrogen and oxygen atoms in total. The zero-order chi connectivity index (χ0) is 26.8. The van der Waals surface area contributed by atoms with E-state index in [-0.39, 0.29) is 24.7 Å². The molecule has 1 atom stereocenters. The van der Waals surface area contributed by atoms with E-state index in [4.69, 9.17) is 14.2 Å². The highest BCUT2D eigenvalue weighted by Crippen LogP contribution is 2.30. The number of cyclic esters (lactones) is 1. The Morgan fingerprint density at radius 1 is 1.15 bits per heavy atom. The third-order valence-corrected chi connectivity index (χ3v) is 6.77. The molecule has 0 unspecified atom stereocenters. The van der Waals surface area contributed by atoms with Crippen molar-refractivity contribution in [2.45, 2.75) is 25.2 Å². The van der Waals surface area contributed by atoms with E-state index < -0.39 is 6.09 Å². The Hall–Kier alpha value is -4.29. The molecule has 1 aromatic carbocycles. The number of benzene rings is 1. The average molecular weight is 532 g/mol. The molecule has 12 heteroatoms. The first kappa shape index (κ1) is 25.0. The molecule has 39 heavy (non-hydrogen) atoms. The van der Waals surface area contributed by atoms with Gasteiger partial charge >= 0.3 is 6.09 Å². The quantitative estimate of drug-likeness (QED) is 0.396. The third-order valence-electron chi connectivity index (χ3n) is 6.77. The standard InChI is InChI=1S/C27H29N7O5/c1-33-13-21(14-33)38-20-10-22(32-29-12-20)18-4-2-3-17(9-18)11-28-8-7-19-15-34(27(36)39-19)24-6-5-23-26(30-24)31-25(35)16-37-23/h2-6,9-10,12,19,21,28H,7-8,11,13-16H2,1H3,(H,30,31,35)/t19-/m0/s1. The Bertz CT molecular complexity index is 1380. The van der Waals surface area contributed by atoms with E-state index >= 15 is 0 Å². The maximum absolute atomic E-state index is 12.5. The van der Waals surface area contributed by atoms with Crippen molar-refractivity contribution < 1.29 is 23.8 Å². The molecule has 3 aliphatic heterocycles. The number of nitrogens with zero attached hydrogens (tertiary/aromatic N) is 5. The average Bonchev–Trinajstić information content (AvgIpc) is 3.30. The number of hydrogen-bond acceptors (Lipinski definition) is 10. The van der Waals surface area contributed by atoms with Gasteiger partial charge in [0.05, 0.1) is 18.4 Å². The first-order valence-electron chi connectivity index (χ1n) is 12.9. The summed E-state index contributed by atoms with van der Waals surface area (Å²) < 4.78 is 16.9. The molecular weight excluding hydrogens is 502 g/mol. The van der Waals surface area contributed by atoms with E-state index in [9.17, 15) is 9.59 Å². The van der Waals surface area contributed by atoms with Gasteiger partial charge in [0.25, 0.3) is 5.91 Å². The van der Waals surface area contributed by atoms with Crippen molar-refractivity contribution in [3.8, 4) is 22.8 Å². The van der Waals surface area contributed by atoms with Gasteiger partial charge in [0.2, 0.25) is 0 Å². The molecule has 202 valence electrons. The topological polar surface area (TPSA) is 131 Å². The van der Waals surface area contributed by atoms with E-state index in [1.807, 2.05) is 18.2 Å². The fraction of sp³-hybridized carbons (Fsp3) is 0.370. The van der Waals surface area contributed by atoms with Gasteiger partial charge < -0.3 is 24.8 Å². The number of amides is 2. The van der Waals surface area contributed by atoms with Gasteiger partial charge in [0.15, 0.2) is 18.2 Å². The number of carbonyl (C=O) groups excluding carboxylic acids is 2. The van der Waals surface area contributed by atoms with Crippen LogP contribution in [-0.2, 0) is 16.1 Å². The molecule has 2 N–H and O–H groups in total. The largest absolute Gasteiger partial charge is 0.486 e. The monoisotopic (exact) mass is 531 g/mol. The van der Waals surface area contributed by atoms with Crippen molar-refractivity contribution in [2.75, 3.05) is 50.1 Å². The van der Waals surface area contributed by atoms with Crippen LogP contribution in [0.2, 0.25) is 0 Å². The van der Waals surface area contributed by atoms with Crippen LogP contribution in [0.1, 0.15) is 12.0 Å². The van der Waals surface area contributed by atoms with Crippen LogP contribution in [0.4, 0.5) is 16.4 Å². The van der Waals surface area contributed by atoms with Gasteiger partial charge in [-0.05, 0) is 43.8 Å². The molecule has 6 rings (SSSR count). The minimum Gasteiger partial charge on any atom is -0.486 e. The van der Waals surface area contributed by atoms with Crippen LogP contribution in [-0.4, -0.2) is 84.1 Å². The van der Waals surface area contributed by atoms with Gasteiger partial charge in [-0.3, -0.25) is 14.6 Å². The fourth-order valence-corrected chi connectivity index (χ4v) is 4.76. The third kappa shape index (κ3) is 5.76. The first-order valence-corrected chi connectivity index (χ1v) is 12.9. The maximum atomic E-state index is 12.5. The zero-order valence-corrected chi connectivity index (χ0v) is 21.5. The number of nitrogens with one attached hydrogen (secondary N) is 2. The summed E-state index contributed by atoms with van der Waals surface area (Å²) >= 11 is 0. The van der Waals surface area contributed by atoms with Gasteiger partial charge in [-0.2, -0.15) is 10.2 Å². The second-order valence-corrected chi connectivity index (χ2v) is 9.87. The lowest BCUT2D eigenvalue weighted by atomic mass is 10.1. The Labute approximate surface area is 225 Å². The number of fused-ring (bicyclic) bond motifs is 1. The van der Waals surface area contributed by atoms with Crippen LogP contribution in [0.15, 0.2) is 48.7 Å². The lowest BCUT2D eigenvalue weighted by Crippen LogP contribution is -2.51. The zero-order valence-electron chi connectivity index (χ0n) is 21.5. The summed E-state index contributed by atoms with van der Waals surface area (Å²) in [6, 6.07) is 13.4. The first-order chi connectivity index (χ1) is 19.0. The molecule has 0 saturated carbocycles. The van der Waals surface area contributed by atoms with Crippen molar-refractivity contribution in [1.29, 1.82) is 0 Å². The molecule has 2 amide bonds. The Kier molecular flexibility index (Phi) is 6.95. The Balaban J connectivity index is 0.996. The van der Waals surface area contributed by atoms with Gasteiger partial charge in [-0.25, -0.2) is 9.78 Å².